The molecule has 0 amide bonds. The summed E-state index contributed by atoms with van der Waals surface area (Å²) >= 11 is 0. The van der Waals surface area contributed by atoms with Crippen LogP contribution in [0.15, 0.2) is 66.7 Å². The maximum absolute atomic E-state index is 9.24. The number of diazo groups is 1. The first-order chi connectivity index (χ1) is 12.2. The van der Waals surface area contributed by atoms with E-state index in [0.29, 0.717) is 5.69 Å². The van der Waals surface area contributed by atoms with Crippen LogP contribution >= 0.6 is 0 Å². The van der Waals surface area contributed by atoms with Gasteiger partial charge in [-0.25, -0.2) is 0 Å². The summed E-state index contributed by atoms with van der Waals surface area (Å²) in [6.45, 7) is 2.93. The number of aryl methyl sites for hydroxylation is 1. The summed E-state index contributed by atoms with van der Waals surface area (Å²) in [5, 5.41) is 12.5. The van der Waals surface area contributed by atoms with Crippen LogP contribution in [0.3, 0.4) is 0 Å². The number of rotatable bonds is 2. The van der Waals surface area contributed by atoms with Gasteiger partial charge in [0.25, 0.3) is 0 Å². The van der Waals surface area contributed by atoms with E-state index in [2.05, 4.69) is 34.7 Å². The zero-order valence-corrected chi connectivity index (χ0v) is 16.2. The molecule has 6 heteroatoms. The van der Waals surface area contributed by atoms with Crippen molar-refractivity contribution >= 4 is 33.1 Å². The van der Waals surface area contributed by atoms with Crippen molar-refractivity contribution in [3.05, 3.63) is 71.7 Å². The lowest BCUT2D eigenvalue weighted by molar-refractivity contribution is -0.655. The van der Waals surface area contributed by atoms with Crippen LogP contribution in [0.5, 0.6) is 0 Å². The van der Waals surface area contributed by atoms with Gasteiger partial charge in [-0.2, -0.15) is 4.57 Å². The van der Waals surface area contributed by atoms with Gasteiger partial charge in [-0.1, -0.05) is 18.2 Å². The first kappa shape index (κ1) is 20.4. The second kappa shape index (κ2) is 8.22. The highest BCUT2D eigenvalue weighted by Gasteiger charge is 2.24. The minimum atomic E-state index is 0. The van der Waals surface area contributed by atoms with Gasteiger partial charge in [0, 0.05) is 34.8 Å². The van der Waals surface area contributed by atoms with Crippen molar-refractivity contribution in [1.82, 2.24) is 0 Å². The van der Waals surface area contributed by atoms with Gasteiger partial charge in [0.1, 0.15) is 6.54 Å². The molecule has 4 rings (SSSR count). The van der Waals surface area contributed by atoms with Crippen molar-refractivity contribution in [1.29, 1.82) is 5.39 Å². The maximum Gasteiger partial charge on any atom is 0.385 e. The molecular formula is C21H18Cl2N4. The number of hydrogen-bond acceptors (Lipinski definition) is 2. The molecule has 1 heterocycles. The summed E-state index contributed by atoms with van der Waals surface area (Å²) in [5.74, 6) is 0. The summed E-state index contributed by atoms with van der Waals surface area (Å²) < 4.78 is 2.27. The maximum atomic E-state index is 9.24. The molecule has 0 fully saturated rings. The number of nitrogens with zero attached hydrogens (tertiary/aromatic N) is 3. The van der Waals surface area contributed by atoms with Gasteiger partial charge in [0.2, 0.25) is 16.6 Å². The number of anilines is 1. The zero-order chi connectivity index (χ0) is 17.4. The van der Waals surface area contributed by atoms with Gasteiger partial charge in [0.15, 0.2) is 4.98 Å². The fourth-order valence-corrected chi connectivity index (χ4v) is 3.53. The molecule has 27 heavy (non-hydrogen) atoms. The molecular weight excluding hydrogens is 379 g/mol. The number of nitrogen functional groups attached to an aromatic ring is 1. The van der Waals surface area contributed by atoms with E-state index in [4.69, 9.17) is 5.73 Å². The van der Waals surface area contributed by atoms with Crippen LogP contribution in [0.25, 0.3) is 37.9 Å². The summed E-state index contributed by atoms with van der Waals surface area (Å²) in [6, 6.07) is 22.0. The summed E-state index contributed by atoms with van der Waals surface area (Å²) in [6.07, 6.45) is 0. The molecule has 0 saturated carbocycles. The quantitative estimate of drug-likeness (QED) is 0.205. The zero-order valence-electron chi connectivity index (χ0n) is 14.7. The highest BCUT2D eigenvalue weighted by Crippen LogP contribution is 2.34. The lowest BCUT2D eigenvalue weighted by Gasteiger charge is -2.11. The molecule has 0 spiro atoms. The molecule has 0 bridgehead atoms. The van der Waals surface area contributed by atoms with Crippen molar-refractivity contribution in [2.45, 2.75) is 13.5 Å². The van der Waals surface area contributed by atoms with Gasteiger partial charge in [-0.3, -0.25) is 0 Å². The molecule has 4 nitrogen and oxygen atoms in total. The van der Waals surface area contributed by atoms with Gasteiger partial charge >= 0.3 is 5.69 Å². The highest BCUT2D eigenvalue weighted by atomic mass is 35.5. The topological polar surface area (TPSA) is 58.0 Å². The lowest BCUT2D eigenvalue weighted by atomic mass is 9.98. The Labute approximate surface area is 170 Å². The SMILES string of the molecule is CC[n+]1c(-c2ccccc2)c2cc([N+]#N)ccc2c2ccc(N)cc21.[Cl-].[Cl-]. The molecule has 136 valence electrons. The third kappa shape index (κ3) is 3.40. The van der Waals surface area contributed by atoms with E-state index in [1.54, 1.807) is 0 Å². The number of benzene rings is 3. The summed E-state index contributed by atoms with van der Waals surface area (Å²) in [7, 11) is 0. The number of halogens is 2. The van der Waals surface area contributed by atoms with E-state index < -0.39 is 0 Å². The lowest BCUT2D eigenvalue weighted by Crippen LogP contribution is -3.00. The van der Waals surface area contributed by atoms with Gasteiger partial charge in [-0.05, 0) is 37.3 Å². The second-order valence-electron chi connectivity index (χ2n) is 6.07. The van der Waals surface area contributed by atoms with Crippen molar-refractivity contribution in [3.8, 4) is 11.3 Å². The number of aromatic nitrogens is 1. The van der Waals surface area contributed by atoms with Crippen LogP contribution in [0.1, 0.15) is 6.92 Å². The van der Waals surface area contributed by atoms with Gasteiger partial charge < -0.3 is 30.5 Å². The van der Waals surface area contributed by atoms with Crippen LogP contribution in [-0.2, 0) is 6.54 Å². The molecule has 1 aromatic heterocycles. The molecule has 0 aliphatic carbocycles. The number of hydrogen-bond donors (Lipinski definition) is 1. The van der Waals surface area contributed by atoms with E-state index in [1.807, 2.05) is 48.5 Å². The highest BCUT2D eigenvalue weighted by molar-refractivity contribution is 6.10. The van der Waals surface area contributed by atoms with Crippen molar-refractivity contribution in [3.63, 3.8) is 0 Å². The van der Waals surface area contributed by atoms with Gasteiger partial charge in [-0.15, -0.1) is 0 Å². The Balaban J connectivity index is 0.00000131. The third-order valence-electron chi connectivity index (χ3n) is 4.61. The van der Waals surface area contributed by atoms with Crippen molar-refractivity contribution in [2.24, 2.45) is 0 Å². The van der Waals surface area contributed by atoms with E-state index in [-0.39, 0.29) is 24.8 Å². The molecule has 0 radical (unpaired) electrons. The minimum Gasteiger partial charge on any atom is -1.00 e. The van der Waals surface area contributed by atoms with Crippen LogP contribution in [0.4, 0.5) is 11.4 Å². The van der Waals surface area contributed by atoms with E-state index in [1.165, 1.54) is 0 Å². The van der Waals surface area contributed by atoms with Crippen LogP contribution < -0.4 is 35.1 Å². The van der Waals surface area contributed by atoms with E-state index >= 15 is 0 Å². The van der Waals surface area contributed by atoms with Gasteiger partial charge in [0.05, 0.1) is 10.8 Å². The Morgan fingerprint density at radius 1 is 0.889 bits per heavy atom. The summed E-state index contributed by atoms with van der Waals surface area (Å²) in [4.78, 5) is 3.38. The molecule has 2 N–H and O–H groups in total. The Hall–Kier alpha value is -2.87. The Morgan fingerprint density at radius 3 is 2.26 bits per heavy atom. The monoisotopic (exact) mass is 396 g/mol. The average molecular weight is 397 g/mol. The predicted molar refractivity (Wildman–Crippen MR) is 102 cm³/mol. The minimum absolute atomic E-state index is 0. The number of nitrogens with two attached hydrogens (primary N) is 1. The molecule has 4 aromatic rings. The molecule has 0 unspecified atom stereocenters. The van der Waals surface area contributed by atoms with Crippen molar-refractivity contribution in [2.75, 3.05) is 5.73 Å². The second-order valence-corrected chi connectivity index (χ2v) is 6.07. The first-order valence-electron chi connectivity index (χ1n) is 8.32. The van der Waals surface area contributed by atoms with E-state index in [9.17, 15) is 5.39 Å². The normalized spacial score (nSPS) is 10.1. The van der Waals surface area contributed by atoms with Crippen LogP contribution in [0.2, 0.25) is 0 Å². The Bertz CT molecular complexity index is 1150. The molecule has 0 saturated heterocycles. The fourth-order valence-electron chi connectivity index (χ4n) is 3.53. The van der Waals surface area contributed by atoms with Crippen molar-refractivity contribution < 1.29 is 29.4 Å². The van der Waals surface area contributed by atoms with Crippen LogP contribution in [0, 0.1) is 5.39 Å². The third-order valence-corrected chi connectivity index (χ3v) is 4.61. The fraction of sp³-hybridized carbons (Fsp3) is 0.0952. The largest absolute Gasteiger partial charge is 1.00 e. The number of fused-ring (bicyclic) bond motifs is 3. The smallest absolute Gasteiger partial charge is 0.385 e. The van der Waals surface area contributed by atoms with Crippen LogP contribution in [-0.4, -0.2) is 0 Å². The standard InChI is InChI=1S/C21H17N4.2ClH/c1-2-25-20-12-15(22)8-10-18(20)17-11-9-16(24-23)13-19(17)21(25)14-6-4-3-5-7-14;;/h3-13,22H,2H2,1H3;2*1H/q+1;;/p-1. The van der Waals surface area contributed by atoms with E-state index in [0.717, 1.165) is 45.2 Å². The average Bonchev–Trinajstić information content (AvgIpc) is 2.66. The predicted octanol–water partition coefficient (Wildman–Crippen LogP) is -0.958. The Kier molecular flexibility index (Phi) is 6.22. The Morgan fingerprint density at radius 2 is 1.59 bits per heavy atom. The first-order valence-corrected chi connectivity index (χ1v) is 8.32. The molecule has 0 aliphatic heterocycles. The summed E-state index contributed by atoms with van der Waals surface area (Å²) in [5.41, 5.74) is 10.7. The molecule has 0 aliphatic rings. The number of pyridine rings is 1. The molecule has 0 atom stereocenters. The molecule has 3 aromatic carbocycles.